The van der Waals surface area contributed by atoms with Crippen molar-refractivity contribution in [2.45, 2.75) is 39.7 Å². The van der Waals surface area contributed by atoms with Gasteiger partial charge in [0.1, 0.15) is 5.92 Å². The number of hydrogen-bond acceptors (Lipinski definition) is 3. The number of hydrogen-bond donors (Lipinski definition) is 1. The topological polar surface area (TPSA) is 52.7 Å². The van der Waals surface area contributed by atoms with Crippen LogP contribution in [-0.2, 0) is 9.59 Å². The first-order chi connectivity index (χ1) is 11.1. The standard InChI is InChI=1S/C19H29N3O2/c1-13-7-8-15(11-14(13)2)22-10-9-16(18(22)24)17(23)20-12-19(3,4)21(5)6/h7-8,11,16H,9-10,12H2,1-6H3,(H,20,23)/t16-/m1/s1. The van der Waals surface area contributed by atoms with Crippen molar-refractivity contribution in [3.05, 3.63) is 29.3 Å². The fraction of sp³-hybridized carbons (Fsp3) is 0.579. The quantitative estimate of drug-likeness (QED) is 0.841. The summed E-state index contributed by atoms with van der Waals surface area (Å²) in [5, 5.41) is 2.94. The van der Waals surface area contributed by atoms with Crippen molar-refractivity contribution in [1.29, 1.82) is 0 Å². The molecule has 1 aliphatic heterocycles. The number of nitrogens with zero attached hydrogens (tertiary/aromatic N) is 2. The van der Waals surface area contributed by atoms with Gasteiger partial charge in [0.2, 0.25) is 11.8 Å². The van der Waals surface area contributed by atoms with E-state index in [1.165, 1.54) is 5.56 Å². The summed E-state index contributed by atoms with van der Waals surface area (Å²) in [6.07, 6.45) is 0.569. The Kier molecular flexibility index (Phi) is 5.33. The van der Waals surface area contributed by atoms with E-state index in [2.05, 4.69) is 24.1 Å². The second-order valence-electron chi connectivity index (χ2n) is 7.52. The smallest absolute Gasteiger partial charge is 0.239 e. The van der Waals surface area contributed by atoms with Crippen LogP contribution in [0.3, 0.4) is 0 Å². The minimum atomic E-state index is -0.579. The molecule has 0 bridgehead atoms. The summed E-state index contributed by atoms with van der Waals surface area (Å²) in [6, 6.07) is 5.99. The van der Waals surface area contributed by atoms with E-state index in [0.29, 0.717) is 19.5 Å². The van der Waals surface area contributed by atoms with E-state index < -0.39 is 5.92 Å². The van der Waals surface area contributed by atoms with Crippen LogP contribution < -0.4 is 10.2 Å². The first-order valence-corrected chi connectivity index (χ1v) is 8.47. The molecule has 24 heavy (non-hydrogen) atoms. The Morgan fingerprint density at radius 1 is 1.29 bits per heavy atom. The Labute approximate surface area is 145 Å². The summed E-state index contributed by atoms with van der Waals surface area (Å²) in [5.74, 6) is -0.843. The number of nitrogens with one attached hydrogen (secondary N) is 1. The molecule has 0 saturated carbocycles. The van der Waals surface area contributed by atoms with E-state index in [1.807, 2.05) is 46.1 Å². The van der Waals surface area contributed by atoms with Crippen LogP contribution in [0.25, 0.3) is 0 Å². The second-order valence-corrected chi connectivity index (χ2v) is 7.52. The highest BCUT2D eigenvalue weighted by molar-refractivity contribution is 6.09. The van der Waals surface area contributed by atoms with Gasteiger partial charge in [-0.25, -0.2) is 0 Å². The molecule has 0 unspecified atom stereocenters. The maximum absolute atomic E-state index is 12.7. The summed E-state index contributed by atoms with van der Waals surface area (Å²) >= 11 is 0. The maximum atomic E-state index is 12.7. The number of carbonyl (C=O) groups excluding carboxylic acids is 2. The van der Waals surface area contributed by atoms with Gasteiger partial charge in [-0.1, -0.05) is 6.07 Å². The van der Waals surface area contributed by atoms with Gasteiger partial charge in [-0.15, -0.1) is 0 Å². The molecule has 5 heteroatoms. The van der Waals surface area contributed by atoms with Crippen molar-refractivity contribution in [3.63, 3.8) is 0 Å². The van der Waals surface area contributed by atoms with Crippen molar-refractivity contribution in [2.24, 2.45) is 5.92 Å². The number of likely N-dealkylation sites (N-methyl/N-ethyl adjacent to an activating group) is 1. The van der Waals surface area contributed by atoms with E-state index >= 15 is 0 Å². The first-order valence-electron chi connectivity index (χ1n) is 8.47. The van der Waals surface area contributed by atoms with Gasteiger partial charge in [0.15, 0.2) is 0 Å². The van der Waals surface area contributed by atoms with Crippen LogP contribution in [0.1, 0.15) is 31.4 Å². The summed E-state index contributed by atoms with van der Waals surface area (Å²) in [4.78, 5) is 28.9. The third kappa shape index (κ3) is 3.78. The van der Waals surface area contributed by atoms with Gasteiger partial charge in [0.25, 0.3) is 0 Å². The molecule has 1 saturated heterocycles. The van der Waals surface area contributed by atoms with E-state index in [-0.39, 0.29) is 17.4 Å². The third-order valence-electron chi connectivity index (χ3n) is 5.23. The van der Waals surface area contributed by atoms with E-state index in [0.717, 1.165) is 11.3 Å². The summed E-state index contributed by atoms with van der Waals surface area (Å²) in [5.41, 5.74) is 3.09. The molecule has 1 aromatic carbocycles. The lowest BCUT2D eigenvalue weighted by atomic mass is 10.0. The Hall–Kier alpha value is -1.88. The first kappa shape index (κ1) is 18.5. The number of rotatable bonds is 5. The Bertz CT molecular complexity index is 637. The molecule has 0 aliphatic carbocycles. The number of amides is 2. The van der Waals surface area contributed by atoms with Crippen LogP contribution in [0.15, 0.2) is 18.2 Å². The highest BCUT2D eigenvalue weighted by Gasteiger charge is 2.38. The van der Waals surface area contributed by atoms with Gasteiger partial charge in [-0.2, -0.15) is 0 Å². The van der Waals surface area contributed by atoms with Crippen molar-refractivity contribution < 1.29 is 9.59 Å². The molecule has 0 spiro atoms. The summed E-state index contributed by atoms with van der Waals surface area (Å²) in [6.45, 7) is 9.32. The molecule has 1 atom stereocenters. The molecule has 2 amide bonds. The van der Waals surface area contributed by atoms with Crippen molar-refractivity contribution in [1.82, 2.24) is 10.2 Å². The largest absolute Gasteiger partial charge is 0.354 e. The van der Waals surface area contributed by atoms with E-state index in [1.54, 1.807) is 4.90 Å². The number of anilines is 1. The molecule has 5 nitrogen and oxygen atoms in total. The van der Waals surface area contributed by atoms with Crippen molar-refractivity contribution in [2.75, 3.05) is 32.1 Å². The molecule has 1 N–H and O–H groups in total. The molecule has 1 aromatic rings. The Morgan fingerprint density at radius 3 is 2.54 bits per heavy atom. The monoisotopic (exact) mass is 331 g/mol. The predicted octanol–water partition coefficient (Wildman–Crippen LogP) is 2.11. The number of benzene rings is 1. The zero-order valence-electron chi connectivity index (χ0n) is 15.6. The molecule has 1 fully saturated rings. The van der Waals surface area contributed by atoms with Gasteiger partial charge in [0, 0.05) is 24.3 Å². The third-order valence-corrected chi connectivity index (χ3v) is 5.23. The fourth-order valence-corrected chi connectivity index (χ4v) is 2.66. The van der Waals surface area contributed by atoms with E-state index in [9.17, 15) is 9.59 Å². The average Bonchev–Trinajstić information content (AvgIpc) is 2.89. The highest BCUT2D eigenvalue weighted by Crippen LogP contribution is 2.27. The molecule has 0 aromatic heterocycles. The van der Waals surface area contributed by atoms with Crippen LogP contribution >= 0.6 is 0 Å². The SMILES string of the molecule is Cc1ccc(N2CC[C@H](C(=O)NCC(C)(C)N(C)C)C2=O)cc1C. The lowest BCUT2D eigenvalue weighted by Crippen LogP contribution is -2.50. The molecular weight excluding hydrogens is 302 g/mol. The van der Waals surface area contributed by atoms with Crippen LogP contribution in [-0.4, -0.2) is 49.4 Å². The lowest BCUT2D eigenvalue weighted by molar-refractivity contribution is -0.132. The van der Waals surface area contributed by atoms with Crippen LogP contribution in [0.2, 0.25) is 0 Å². The predicted molar refractivity (Wildman–Crippen MR) is 97.2 cm³/mol. The van der Waals surface area contributed by atoms with Crippen molar-refractivity contribution in [3.8, 4) is 0 Å². The minimum Gasteiger partial charge on any atom is -0.354 e. The molecule has 0 radical (unpaired) electrons. The molecular formula is C19H29N3O2. The molecule has 132 valence electrons. The highest BCUT2D eigenvalue weighted by atomic mass is 16.2. The van der Waals surface area contributed by atoms with Gasteiger partial charge in [-0.3, -0.25) is 9.59 Å². The van der Waals surface area contributed by atoms with Gasteiger partial charge in [-0.05, 0) is 71.5 Å². The van der Waals surface area contributed by atoms with Crippen LogP contribution in [0.4, 0.5) is 5.69 Å². The number of aryl methyl sites for hydroxylation is 2. The lowest BCUT2D eigenvalue weighted by Gasteiger charge is -2.32. The van der Waals surface area contributed by atoms with Gasteiger partial charge < -0.3 is 15.1 Å². The molecule has 1 aliphatic rings. The van der Waals surface area contributed by atoms with Gasteiger partial charge in [0.05, 0.1) is 0 Å². The Balaban J connectivity index is 2.03. The average molecular weight is 331 g/mol. The zero-order valence-corrected chi connectivity index (χ0v) is 15.6. The molecule has 2 rings (SSSR count). The van der Waals surface area contributed by atoms with E-state index in [4.69, 9.17) is 0 Å². The maximum Gasteiger partial charge on any atom is 0.239 e. The number of carbonyl (C=O) groups is 2. The van der Waals surface area contributed by atoms with Gasteiger partial charge >= 0.3 is 0 Å². The zero-order chi connectivity index (χ0) is 18.1. The van der Waals surface area contributed by atoms with Crippen LogP contribution in [0, 0.1) is 19.8 Å². The molecule has 1 heterocycles. The van der Waals surface area contributed by atoms with Crippen molar-refractivity contribution >= 4 is 17.5 Å². The Morgan fingerprint density at radius 2 is 1.96 bits per heavy atom. The second kappa shape index (κ2) is 6.93. The normalized spacial score (nSPS) is 18.4. The minimum absolute atomic E-state index is 0.0987. The van der Waals surface area contributed by atoms with Crippen LogP contribution in [0.5, 0.6) is 0 Å². The summed E-state index contributed by atoms with van der Waals surface area (Å²) in [7, 11) is 3.96. The fourth-order valence-electron chi connectivity index (χ4n) is 2.66. The summed E-state index contributed by atoms with van der Waals surface area (Å²) < 4.78 is 0.